The van der Waals surface area contributed by atoms with Crippen LogP contribution in [0.15, 0.2) is 62.6 Å². The average molecular weight is 1340 g/mol. The molecule has 14 rings (SSSR count). The Kier molecular flexibility index (Phi) is 22.0. The lowest BCUT2D eigenvalue weighted by Crippen LogP contribution is -2.47. The van der Waals surface area contributed by atoms with Gasteiger partial charge in [-0.3, -0.25) is 9.59 Å². The number of methoxy groups -OCH3 is 2. The smallest absolute Gasteiger partial charge is 0.335 e. The van der Waals surface area contributed by atoms with Gasteiger partial charge in [-0.1, -0.05) is 30.6 Å². The molecule has 499 valence electrons. The molecule has 1 radical (unpaired) electrons. The number of aryl methyl sites for hydroxylation is 5. The van der Waals surface area contributed by atoms with Gasteiger partial charge in [0.25, 0.3) is 31.7 Å². The Bertz CT molecular complexity index is 4730. The second kappa shape index (κ2) is 30.6. The number of carbonyl (C=O) groups is 2. The third kappa shape index (κ3) is 14.4. The first-order valence-electron chi connectivity index (χ1n) is 31.0. The van der Waals surface area contributed by atoms with Crippen molar-refractivity contribution >= 4 is 76.3 Å². The van der Waals surface area contributed by atoms with Crippen molar-refractivity contribution in [1.82, 2.24) is 44.4 Å². The minimum Gasteiger partial charge on any atom is -0.496 e. The molecule has 9 aromatic rings. The van der Waals surface area contributed by atoms with E-state index >= 15 is 0 Å². The Balaban J connectivity index is 0.000000181. The Morgan fingerprint density at radius 2 is 1.31 bits per heavy atom. The van der Waals surface area contributed by atoms with E-state index in [1.807, 2.05) is 89.8 Å². The van der Waals surface area contributed by atoms with Crippen LogP contribution in [-0.4, -0.2) is 181 Å². The number of carbonyl (C=O) groups excluding carboxylic acids is 2. The predicted octanol–water partition coefficient (Wildman–Crippen LogP) is 6.22. The molecule has 10 heterocycles. The minimum absolute atomic E-state index is 0.0518. The Labute approximate surface area is 553 Å². The minimum atomic E-state index is -2.89. The van der Waals surface area contributed by atoms with Crippen molar-refractivity contribution in [3.63, 3.8) is 0 Å². The number of ether oxygens (including phenoxy) is 7. The summed E-state index contributed by atoms with van der Waals surface area (Å²) in [5.74, 6) is 5.93. The van der Waals surface area contributed by atoms with Crippen LogP contribution in [0.1, 0.15) is 72.2 Å². The summed E-state index contributed by atoms with van der Waals surface area (Å²) in [6.45, 7) is 23.7. The van der Waals surface area contributed by atoms with Crippen LogP contribution in [-0.2, 0) is 26.4 Å². The number of aromatic amines is 2. The molecule has 4 aromatic carbocycles. The normalized spacial score (nSPS) is 14.5. The molecule has 2 fully saturated rings. The predicted molar refractivity (Wildman–Crippen MR) is 353 cm³/mol. The first-order chi connectivity index (χ1) is 46.3. The SMILES string of the molecule is C=c1nc(-c2ccc(OC=O)c3c2OCCO3)c2c([nH+]1)N=c1cc(-c3c(C)noc3C)c(OC)cc1=2.CC.COc1cc2c(cc1-c1c(C)noc1C)[nH]c1nc(C)nc(-c3ccc(C(=O)N4CCN(C)CC4)c4c3OCCO4)c12.CS(=O)(=O)N1CCCCC1.O=S=O.[3H][B]O. The largest absolute Gasteiger partial charge is 0.496 e. The summed E-state index contributed by atoms with van der Waals surface area (Å²) in [5, 5.41) is 19.4. The Morgan fingerprint density at radius 3 is 1.87 bits per heavy atom. The van der Waals surface area contributed by atoms with Crippen LogP contribution >= 0.6 is 0 Å². The number of amides is 1. The van der Waals surface area contributed by atoms with E-state index in [4.69, 9.17) is 76.9 Å². The molecule has 0 aliphatic carbocycles. The maximum absolute atomic E-state index is 13.6. The van der Waals surface area contributed by atoms with Gasteiger partial charge in [-0.2, -0.15) is 8.42 Å². The second-order valence-corrected chi connectivity index (χ2v) is 24.1. The molecule has 5 aromatic heterocycles. The highest BCUT2D eigenvalue weighted by atomic mass is 32.2. The fourth-order valence-corrected chi connectivity index (χ4v) is 12.9. The van der Waals surface area contributed by atoms with E-state index < -0.39 is 21.6 Å². The van der Waals surface area contributed by atoms with Crippen LogP contribution < -0.4 is 49.0 Å². The van der Waals surface area contributed by atoms with Crippen molar-refractivity contribution in [2.24, 2.45) is 4.99 Å². The molecule has 27 nitrogen and oxygen atoms in total. The molecule has 1 amide bonds. The van der Waals surface area contributed by atoms with E-state index in [9.17, 15) is 18.0 Å². The number of hydrogen-bond acceptors (Lipinski definition) is 23. The summed E-state index contributed by atoms with van der Waals surface area (Å²) < 4.78 is 97.2. The number of hydrogen-bond donors (Lipinski definition) is 2. The number of likely N-dealkylation sites (N-methyl/N-ethyl adjacent to an activating group) is 1. The molecule has 0 atom stereocenters. The van der Waals surface area contributed by atoms with Gasteiger partial charge in [-0.15, -0.1) is 9.98 Å². The number of piperazine rings is 1. The van der Waals surface area contributed by atoms with Gasteiger partial charge in [0.2, 0.25) is 15.8 Å². The lowest BCUT2D eigenvalue weighted by molar-refractivity contribution is -0.385. The molecule has 95 heavy (non-hydrogen) atoms. The summed E-state index contributed by atoms with van der Waals surface area (Å²) in [6, 6.07) is 15.1. The van der Waals surface area contributed by atoms with Crippen LogP contribution in [0.5, 0.6) is 40.2 Å². The number of nitrogens with zero attached hydrogens (tertiary/aromatic N) is 9. The molecule has 2 saturated heterocycles. The third-order valence-electron chi connectivity index (χ3n) is 16.1. The van der Waals surface area contributed by atoms with Crippen molar-refractivity contribution < 1.29 is 78.6 Å². The van der Waals surface area contributed by atoms with E-state index in [0.717, 1.165) is 110 Å². The number of benzene rings is 4. The first kappa shape index (κ1) is 68.3. The molecule has 0 bridgehead atoms. The van der Waals surface area contributed by atoms with Gasteiger partial charge < -0.3 is 62.0 Å². The molecule has 30 heteroatoms. The maximum Gasteiger partial charge on any atom is 0.335 e. The number of piperidine rings is 1. The van der Waals surface area contributed by atoms with Crippen LogP contribution in [0.4, 0.5) is 5.82 Å². The molecule has 0 unspecified atom stereocenters. The topological polar surface area (TPSA) is 330 Å². The third-order valence-corrected chi connectivity index (χ3v) is 17.4. The number of sulfonamides is 1. The van der Waals surface area contributed by atoms with Crippen LogP contribution in [0.3, 0.4) is 0 Å². The second-order valence-electron chi connectivity index (χ2n) is 22.0. The molecular formula is C65H74BN11O16S2+. The van der Waals surface area contributed by atoms with Gasteiger partial charge >= 0.3 is 11.6 Å². The van der Waals surface area contributed by atoms with Crippen molar-refractivity contribution in [2.75, 3.05) is 93.2 Å². The van der Waals surface area contributed by atoms with E-state index in [2.05, 4.69) is 38.8 Å². The maximum atomic E-state index is 13.6. The van der Waals surface area contributed by atoms with Crippen molar-refractivity contribution in [1.29, 1.82) is 1.34 Å². The lowest BCUT2D eigenvalue weighted by Gasteiger charge is -2.33. The molecule has 5 aliphatic rings. The average Bonchev–Trinajstić information content (AvgIpc) is 1.41. The van der Waals surface area contributed by atoms with E-state index in [0.29, 0.717) is 137 Å². The summed E-state index contributed by atoms with van der Waals surface area (Å²) in [5.41, 5.74) is 10.2. The van der Waals surface area contributed by atoms with Crippen LogP contribution in [0, 0.1) is 45.1 Å². The van der Waals surface area contributed by atoms with Gasteiger partial charge in [-0.05, 0) is 110 Å². The molecule has 0 spiro atoms. The van der Waals surface area contributed by atoms with Gasteiger partial charge in [0.05, 0.1) is 65.2 Å². The molecule has 3 N–H and O–H groups in total. The van der Waals surface area contributed by atoms with Crippen LogP contribution in [0.2, 0.25) is 0 Å². The fraction of sp³-hybridized carbons (Fsp3) is 0.369. The zero-order valence-corrected chi connectivity index (χ0v) is 56.2. The molecule has 0 saturated carbocycles. The molecule has 5 aliphatic heterocycles. The fourth-order valence-electron chi connectivity index (χ4n) is 12.0. The van der Waals surface area contributed by atoms with Crippen LogP contribution in [0.25, 0.3) is 73.3 Å². The lowest BCUT2D eigenvalue weighted by atomic mass is 9.98. The summed E-state index contributed by atoms with van der Waals surface area (Å²) >= 11 is -0.750. The summed E-state index contributed by atoms with van der Waals surface area (Å²) in [7, 11) is 2.69. The number of fused-ring (bicyclic) bond motifs is 7. The quantitative estimate of drug-likeness (QED) is 0.113. The van der Waals surface area contributed by atoms with E-state index in [1.165, 1.54) is 12.7 Å². The number of aromatic nitrogens is 7. The zero-order valence-electron chi connectivity index (χ0n) is 55.6. The van der Waals surface area contributed by atoms with Crippen molar-refractivity contribution in [2.45, 2.75) is 67.7 Å². The highest BCUT2D eigenvalue weighted by Crippen LogP contribution is 2.49. The van der Waals surface area contributed by atoms with Gasteiger partial charge in [0, 0.05) is 73.4 Å². The highest BCUT2D eigenvalue weighted by molar-refractivity contribution is 7.88. The number of H-pyrrole nitrogens is 2. The standard InChI is InChI=1S/C31H32N6O5.C26H20N4O6.C6H13NO2S.C2H6.BH2O.O2S/c1-16-25(17(2)42-35-16)22-14-23-21(15-24(22)39-5)26-27(32-18(3)33-30(26)34-23)19-6-7-20(29-28(19)40-12-13-41-29)31(38)37-10-8-36(4)9-11-37;1-12-21(13(2)36-30-12)17-9-18-16(10-20(17)32-4)22-23(27-14(3)28-26(22)29-18)15-5-6-19(35-11-31)25-24(15)33-7-8-34-25;1-10(8,9)7-5-3-2-4-6-7;2*1-2;1-3-2/h6-7,14-15H,8-13H2,1-5H3,(H,32,33,34);5-6,9-11H,3,7-8H2,1-2,4H3;2-6H2,1H3;1-2H3;1-2H;/p+1/i;;;;1T;. The highest BCUT2D eigenvalue weighted by Gasteiger charge is 2.33. The van der Waals surface area contributed by atoms with Crippen molar-refractivity contribution in [3.8, 4) is 85.0 Å². The first-order valence-corrected chi connectivity index (χ1v) is 32.9. The van der Waals surface area contributed by atoms with E-state index in [-0.39, 0.29) is 19.7 Å². The summed E-state index contributed by atoms with van der Waals surface area (Å²) in [4.78, 5) is 54.5. The number of rotatable bonds is 10. The molecular weight excluding hydrogens is 1270 g/mol. The van der Waals surface area contributed by atoms with E-state index in [1.54, 1.807) is 30.7 Å². The van der Waals surface area contributed by atoms with Crippen molar-refractivity contribution in [3.05, 3.63) is 104 Å². The Morgan fingerprint density at radius 1 is 0.747 bits per heavy atom. The monoisotopic (exact) mass is 1340 g/mol. The summed E-state index contributed by atoms with van der Waals surface area (Å²) in [6.07, 6.45) is 4.49. The van der Waals surface area contributed by atoms with Gasteiger partial charge in [-0.25, -0.2) is 27.7 Å². The zero-order chi connectivity index (χ0) is 69.1. The van der Waals surface area contributed by atoms with Gasteiger partial charge in [0.15, 0.2) is 28.7 Å². The Hall–Kier alpha value is -9.62. The number of nitrogens with one attached hydrogen (secondary N) is 2. The van der Waals surface area contributed by atoms with Gasteiger partial charge in [0.1, 0.15) is 71.5 Å².